The molecule has 2 heterocycles. The summed E-state index contributed by atoms with van der Waals surface area (Å²) in [5.74, 6) is 1.10. The van der Waals surface area contributed by atoms with E-state index in [9.17, 15) is 4.79 Å². The van der Waals surface area contributed by atoms with Crippen LogP contribution in [-0.4, -0.2) is 23.1 Å². The zero-order valence-corrected chi connectivity index (χ0v) is 10.1. The van der Waals surface area contributed by atoms with Gasteiger partial charge in [0.2, 0.25) is 0 Å². The summed E-state index contributed by atoms with van der Waals surface area (Å²) in [6.07, 6.45) is 3.20. The van der Waals surface area contributed by atoms with E-state index < -0.39 is 0 Å². The van der Waals surface area contributed by atoms with Crippen LogP contribution in [0.2, 0.25) is 0 Å². The normalized spacial score (nSPS) is 18.2. The largest absolute Gasteiger partial charge is 0.323 e. The first kappa shape index (κ1) is 11.5. The summed E-state index contributed by atoms with van der Waals surface area (Å²) in [7, 11) is 0. The van der Waals surface area contributed by atoms with E-state index in [1.165, 1.54) is 0 Å². The molecule has 1 saturated heterocycles. The van der Waals surface area contributed by atoms with Gasteiger partial charge in [-0.2, -0.15) is 0 Å². The molecule has 0 bridgehead atoms. The first-order valence-corrected chi connectivity index (χ1v) is 6.18. The number of hydrogen-bond donors (Lipinski definition) is 3. The van der Waals surface area contributed by atoms with E-state index in [4.69, 9.17) is 0 Å². The third kappa shape index (κ3) is 2.55. The second kappa shape index (κ2) is 4.87. The van der Waals surface area contributed by atoms with Crippen LogP contribution >= 0.6 is 0 Å². The van der Waals surface area contributed by atoms with E-state index >= 15 is 0 Å². The van der Waals surface area contributed by atoms with Crippen LogP contribution in [0.15, 0.2) is 4.79 Å². The summed E-state index contributed by atoms with van der Waals surface area (Å²) in [4.78, 5) is 17.3. The summed E-state index contributed by atoms with van der Waals surface area (Å²) < 4.78 is 0. The Labute approximate surface area is 95.9 Å². The lowest BCUT2D eigenvalue weighted by atomic mass is 9.91. The minimum atomic E-state index is -0.0517. The van der Waals surface area contributed by atoms with Gasteiger partial charge in [-0.1, -0.05) is 13.8 Å². The molecule has 3 N–H and O–H groups in total. The fourth-order valence-corrected chi connectivity index (χ4v) is 2.46. The quantitative estimate of drug-likeness (QED) is 0.724. The first-order valence-electron chi connectivity index (χ1n) is 6.18. The van der Waals surface area contributed by atoms with Crippen molar-refractivity contribution in [2.24, 2.45) is 5.92 Å². The summed E-state index contributed by atoms with van der Waals surface area (Å²) >= 11 is 0. The first-order chi connectivity index (χ1) is 7.66. The van der Waals surface area contributed by atoms with Crippen molar-refractivity contribution in [2.45, 2.75) is 39.0 Å². The molecule has 1 aromatic rings. The highest BCUT2D eigenvalue weighted by molar-refractivity contribution is 5.17. The van der Waals surface area contributed by atoms with Gasteiger partial charge in [0, 0.05) is 17.3 Å². The molecule has 1 aliphatic rings. The number of piperidine rings is 1. The minimum absolute atomic E-state index is 0.0517. The van der Waals surface area contributed by atoms with Crippen LogP contribution in [-0.2, 0) is 6.42 Å². The van der Waals surface area contributed by atoms with Gasteiger partial charge in [0.25, 0.3) is 0 Å². The van der Waals surface area contributed by atoms with Gasteiger partial charge in [0.15, 0.2) is 0 Å². The van der Waals surface area contributed by atoms with E-state index in [2.05, 4.69) is 29.1 Å². The summed E-state index contributed by atoms with van der Waals surface area (Å²) in [6, 6.07) is 0. The minimum Gasteiger partial charge on any atom is -0.317 e. The summed E-state index contributed by atoms with van der Waals surface area (Å²) in [5, 5.41) is 3.35. The SMILES string of the molecule is CC(C)Cc1[nH]c(=O)[nH]c1C1CCNCC1. The highest BCUT2D eigenvalue weighted by atomic mass is 16.1. The van der Waals surface area contributed by atoms with Gasteiger partial charge < -0.3 is 15.3 Å². The van der Waals surface area contributed by atoms with Crippen LogP contribution in [0.5, 0.6) is 0 Å². The van der Waals surface area contributed by atoms with Crippen LogP contribution in [0.1, 0.15) is 44.0 Å². The second-order valence-electron chi connectivity index (χ2n) is 5.09. The molecule has 0 radical (unpaired) electrons. The average molecular weight is 223 g/mol. The van der Waals surface area contributed by atoms with Crippen LogP contribution in [0.3, 0.4) is 0 Å². The van der Waals surface area contributed by atoms with Crippen LogP contribution in [0.25, 0.3) is 0 Å². The van der Waals surface area contributed by atoms with E-state index in [1.54, 1.807) is 0 Å². The van der Waals surface area contributed by atoms with Crippen molar-refractivity contribution in [3.63, 3.8) is 0 Å². The van der Waals surface area contributed by atoms with Gasteiger partial charge in [-0.25, -0.2) is 4.79 Å². The third-order valence-electron chi connectivity index (χ3n) is 3.20. The number of aromatic amines is 2. The van der Waals surface area contributed by atoms with Crippen molar-refractivity contribution in [1.82, 2.24) is 15.3 Å². The molecule has 0 unspecified atom stereocenters. The molecule has 4 heteroatoms. The Morgan fingerprint density at radius 1 is 1.25 bits per heavy atom. The molecule has 2 rings (SSSR count). The monoisotopic (exact) mass is 223 g/mol. The van der Waals surface area contributed by atoms with Crippen molar-refractivity contribution < 1.29 is 0 Å². The molecule has 1 fully saturated rings. The fraction of sp³-hybridized carbons (Fsp3) is 0.750. The molecule has 0 aromatic carbocycles. The maximum atomic E-state index is 11.4. The van der Waals surface area contributed by atoms with Crippen LogP contribution in [0.4, 0.5) is 0 Å². The summed E-state index contributed by atoms with van der Waals surface area (Å²) in [6.45, 7) is 6.47. The number of nitrogens with one attached hydrogen (secondary N) is 3. The maximum Gasteiger partial charge on any atom is 0.323 e. The molecule has 90 valence electrons. The molecule has 0 amide bonds. The molecule has 0 atom stereocenters. The van der Waals surface area contributed by atoms with Crippen molar-refractivity contribution >= 4 is 0 Å². The van der Waals surface area contributed by atoms with Gasteiger partial charge in [-0.3, -0.25) is 0 Å². The lowest BCUT2D eigenvalue weighted by molar-refractivity contribution is 0.450. The molecule has 1 aliphatic heterocycles. The van der Waals surface area contributed by atoms with E-state index in [1.807, 2.05) is 0 Å². The van der Waals surface area contributed by atoms with Gasteiger partial charge in [-0.05, 0) is 38.3 Å². The fourth-order valence-electron chi connectivity index (χ4n) is 2.46. The number of rotatable bonds is 3. The Morgan fingerprint density at radius 2 is 1.94 bits per heavy atom. The van der Waals surface area contributed by atoms with Gasteiger partial charge in [-0.15, -0.1) is 0 Å². The van der Waals surface area contributed by atoms with Crippen molar-refractivity contribution in [3.8, 4) is 0 Å². The van der Waals surface area contributed by atoms with Crippen LogP contribution in [0, 0.1) is 5.92 Å². The standard InChI is InChI=1S/C12H21N3O/c1-8(2)7-10-11(15-12(16)14-10)9-3-5-13-6-4-9/h8-9,13H,3-7H2,1-2H3,(H2,14,15,16). The van der Waals surface area contributed by atoms with Crippen molar-refractivity contribution in [2.75, 3.05) is 13.1 Å². The van der Waals surface area contributed by atoms with E-state index in [0.717, 1.165) is 43.7 Å². The van der Waals surface area contributed by atoms with Crippen LogP contribution < -0.4 is 11.0 Å². The number of imidazole rings is 1. The Morgan fingerprint density at radius 3 is 2.56 bits per heavy atom. The molecule has 4 nitrogen and oxygen atoms in total. The van der Waals surface area contributed by atoms with Gasteiger partial charge in [0.1, 0.15) is 0 Å². The topological polar surface area (TPSA) is 60.7 Å². The Kier molecular flexibility index (Phi) is 3.49. The average Bonchev–Trinajstić information content (AvgIpc) is 2.60. The lowest BCUT2D eigenvalue weighted by Crippen LogP contribution is -2.27. The summed E-state index contributed by atoms with van der Waals surface area (Å²) in [5.41, 5.74) is 2.22. The predicted octanol–water partition coefficient (Wildman–Crippen LogP) is 1.37. The maximum absolute atomic E-state index is 11.4. The van der Waals surface area contributed by atoms with Gasteiger partial charge >= 0.3 is 5.69 Å². The number of aromatic nitrogens is 2. The number of H-pyrrole nitrogens is 2. The Bertz CT molecular complexity index is 385. The second-order valence-corrected chi connectivity index (χ2v) is 5.09. The Hall–Kier alpha value is -1.03. The highest BCUT2D eigenvalue weighted by Crippen LogP contribution is 2.25. The highest BCUT2D eigenvalue weighted by Gasteiger charge is 2.20. The van der Waals surface area contributed by atoms with E-state index in [-0.39, 0.29) is 5.69 Å². The molecule has 0 aliphatic carbocycles. The number of hydrogen-bond acceptors (Lipinski definition) is 2. The zero-order chi connectivity index (χ0) is 11.5. The van der Waals surface area contributed by atoms with Crippen molar-refractivity contribution in [3.05, 3.63) is 21.9 Å². The molecule has 0 spiro atoms. The van der Waals surface area contributed by atoms with Crippen molar-refractivity contribution in [1.29, 1.82) is 0 Å². The lowest BCUT2D eigenvalue weighted by Gasteiger charge is -2.22. The Balaban J connectivity index is 2.20. The molecular weight excluding hydrogens is 202 g/mol. The molecule has 16 heavy (non-hydrogen) atoms. The smallest absolute Gasteiger partial charge is 0.317 e. The third-order valence-corrected chi connectivity index (χ3v) is 3.20. The van der Waals surface area contributed by atoms with Gasteiger partial charge in [0.05, 0.1) is 0 Å². The predicted molar refractivity (Wildman–Crippen MR) is 64.8 cm³/mol. The van der Waals surface area contributed by atoms with E-state index in [0.29, 0.717) is 11.8 Å². The molecule has 0 saturated carbocycles. The molecular formula is C12H21N3O. The molecule has 1 aromatic heterocycles. The zero-order valence-electron chi connectivity index (χ0n) is 10.1.